The molecule has 6 nitrogen and oxygen atoms in total. The highest BCUT2D eigenvalue weighted by atomic mass is 16.5. The minimum atomic E-state index is -0.903. The van der Waals surface area contributed by atoms with E-state index in [1.165, 1.54) is 7.11 Å². The van der Waals surface area contributed by atoms with Crippen LogP contribution in [-0.2, 0) is 21.6 Å². The van der Waals surface area contributed by atoms with Crippen molar-refractivity contribution in [3.8, 4) is 22.6 Å². The number of ether oxygens (including phenoxy) is 2. The molecule has 1 heterocycles. The molecule has 0 fully saturated rings. The lowest BCUT2D eigenvalue weighted by Crippen LogP contribution is -2.43. The van der Waals surface area contributed by atoms with Gasteiger partial charge in [-0.3, -0.25) is 4.79 Å². The van der Waals surface area contributed by atoms with Crippen molar-refractivity contribution in [1.82, 2.24) is 5.32 Å². The zero-order valence-corrected chi connectivity index (χ0v) is 20.1. The second kappa shape index (κ2) is 8.86. The molecule has 0 spiro atoms. The molecule has 3 aromatic carbocycles. The second-order valence-corrected chi connectivity index (χ2v) is 9.19. The number of carbonyl (C=O) groups is 2. The number of hydrogen-bond donors (Lipinski definition) is 2. The number of nitrogens with one attached hydrogen (secondary N) is 1. The van der Waals surface area contributed by atoms with Crippen LogP contribution in [0.25, 0.3) is 11.1 Å². The van der Waals surface area contributed by atoms with E-state index in [2.05, 4.69) is 5.32 Å². The average molecular weight is 460 g/mol. The van der Waals surface area contributed by atoms with Crippen molar-refractivity contribution >= 4 is 11.9 Å². The van der Waals surface area contributed by atoms with Crippen LogP contribution in [0.5, 0.6) is 11.5 Å². The van der Waals surface area contributed by atoms with Crippen LogP contribution in [0, 0.1) is 13.8 Å². The molecule has 1 atom stereocenters. The third-order valence-corrected chi connectivity index (χ3v) is 6.22. The smallest absolute Gasteiger partial charge is 0.328 e. The monoisotopic (exact) mass is 459 g/mol. The third kappa shape index (κ3) is 4.23. The standard InChI is InChI=1S/C28H29NO5/c1-16-11-12-20-19(13-16)24-22(34-28(20,3)4)14-17(2)23(25(24)30)26(31)29-21(27(32)33-5)15-18-9-7-6-8-10-18/h6-14,21,30H,15H2,1-5H3,(H,29,31)/t21-/m0/s1. The predicted molar refractivity (Wildman–Crippen MR) is 130 cm³/mol. The Morgan fingerprint density at radius 2 is 1.79 bits per heavy atom. The lowest BCUT2D eigenvalue weighted by molar-refractivity contribution is -0.142. The molecule has 1 amide bonds. The van der Waals surface area contributed by atoms with Crippen LogP contribution in [0.2, 0.25) is 0 Å². The SMILES string of the molecule is COC(=O)[C@H](Cc1ccccc1)NC(=O)c1c(C)cc2c(c1O)-c1cc(C)ccc1C(C)(C)O2. The quantitative estimate of drug-likeness (QED) is 0.535. The van der Waals surface area contributed by atoms with Gasteiger partial charge in [0.2, 0.25) is 0 Å². The molecule has 6 heteroatoms. The van der Waals surface area contributed by atoms with E-state index in [0.29, 0.717) is 16.9 Å². The van der Waals surface area contributed by atoms with Gasteiger partial charge in [-0.2, -0.15) is 0 Å². The van der Waals surface area contributed by atoms with Crippen LogP contribution in [0.3, 0.4) is 0 Å². The van der Waals surface area contributed by atoms with Crippen LogP contribution < -0.4 is 10.1 Å². The van der Waals surface area contributed by atoms with E-state index in [1.54, 1.807) is 13.0 Å². The number of phenols is 1. The maximum Gasteiger partial charge on any atom is 0.328 e. The van der Waals surface area contributed by atoms with Gasteiger partial charge >= 0.3 is 5.97 Å². The first kappa shape index (κ1) is 23.4. The number of esters is 1. The Hall–Kier alpha value is -3.80. The van der Waals surface area contributed by atoms with E-state index >= 15 is 0 Å². The molecule has 0 aliphatic carbocycles. The largest absolute Gasteiger partial charge is 0.506 e. The molecular weight excluding hydrogens is 430 g/mol. The number of aryl methyl sites for hydroxylation is 2. The zero-order valence-electron chi connectivity index (χ0n) is 20.1. The molecule has 0 radical (unpaired) electrons. The molecule has 176 valence electrons. The highest BCUT2D eigenvalue weighted by molar-refractivity contribution is 6.03. The summed E-state index contributed by atoms with van der Waals surface area (Å²) in [5.74, 6) is -0.761. The fourth-order valence-corrected chi connectivity index (χ4v) is 4.53. The van der Waals surface area contributed by atoms with Gasteiger partial charge in [-0.15, -0.1) is 0 Å². The maximum absolute atomic E-state index is 13.4. The summed E-state index contributed by atoms with van der Waals surface area (Å²) in [7, 11) is 1.28. The number of carbonyl (C=O) groups excluding carboxylic acids is 2. The van der Waals surface area contributed by atoms with Crippen LogP contribution in [0.4, 0.5) is 0 Å². The fraction of sp³-hybridized carbons (Fsp3) is 0.286. The lowest BCUT2D eigenvalue weighted by Gasteiger charge is -2.36. The molecule has 4 rings (SSSR count). The molecular formula is C28H29NO5. The van der Waals surface area contributed by atoms with Gasteiger partial charge in [0.25, 0.3) is 5.91 Å². The van der Waals surface area contributed by atoms with Crippen LogP contribution in [0.1, 0.15) is 46.5 Å². The maximum atomic E-state index is 13.4. The number of hydrogen-bond acceptors (Lipinski definition) is 5. The Bertz CT molecular complexity index is 1260. The van der Waals surface area contributed by atoms with Gasteiger partial charge in [-0.25, -0.2) is 4.79 Å². The Balaban J connectivity index is 1.75. The lowest BCUT2D eigenvalue weighted by atomic mass is 9.83. The summed E-state index contributed by atoms with van der Waals surface area (Å²) in [5, 5.41) is 14.1. The van der Waals surface area contributed by atoms with Crippen molar-refractivity contribution in [2.45, 2.75) is 45.8 Å². The number of fused-ring (bicyclic) bond motifs is 3. The minimum absolute atomic E-state index is 0.108. The summed E-state index contributed by atoms with van der Waals surface area (Å²) in [4.78, 5) is 25.8. The molecule has 0 saturated carbocycles. The summed E-state index contributed by atoms with van der Waals surface area (Å²) in [6, 6.07) is 16.2. The van der Waals surface area contributed by atoms with E-state index < -0.39 is 23.5 Å². The number of amides is 1. The first-order chi connectivity index (χ1) is 16.1. The molecule has 3 aromatic rings. The Morgan fingerprint density at radius 1 is 1.09 bits per heavy atom. The first-order valence-electron chi connectivity index (χ1n) is 11.2. The molecule has 0 saturated heterocycles. The normalized spacial score (nSPS) is 14.3. The molecule has 34 heavy (non-hydrogen) atoms. The van der Waals surface area contributed by atoms with Gasteiger partial charge in [0.05, 0.1) is 18.2 Å². The molecule has 2 N–H and O–H groups in total. The van der Waals surface area contributed by atoms with E-state index in [0.717, 1.165) is 22.3 Å². The van der Waals surface area contributed by atoms with Gasteiger partial charge in [-0.1, -0.05) is 54.1 Å². The Labute approximate surface area is 199 Å². The number of aromatic hydroxyl groups is 1. The van der Waals surface area contributed by atoms with Crippen molar-refractivity contribution in [2.24, 2.45) is 0 Å². The first-order valence-corrected chi connectivity index (χ1v) is 11.2. The van der Waals surface area contributed by atoms with E-state index in [1.807, 2.05) is 69.3 Å². The molecule has 0 bridgehead atoms. The molecule has 0 unspecified atom stereocenters. The van der Waals surface area contributed by atoms with Gasteiger partial charge in [-0.05, 0) is 50.5 Å². The van der Waals surface area contributed by atoms with Crippen molar-refractivity contribution in [1.29, 1.82) is 0 Å². The Kier molecular flexibility index (Phi) is 6.09. The number of benzene rings is 3. The number of methoxy groups -OCH3 is 1. The van der Waals surface area contributed by atoms with Crippen LogP contribution in [0.15, 0.2) is 54.6 Å². The molecule has 1 aliphatic heterocycles. The summed E-state index contributed by atoms with van der Waals surface area (Å²) in [6.45, 7) is 7.66. The van der Waals surface area contributed by atoms with E-state index in [4.69, 9.17) is 9.47 Å². The average Bonchev–Trinajstić information content (AvgIpc) is 2.77. The summed E-state index contributed by atoms with van der Waals surface area (Å²) in [6.07, 6.45) is 0.267. The van der Waals surface area contributed by atoms with Gasteiger partial charge in [0, 0.05) is 12.0 Å². The molecule has 0 aromatic heterocycles. The predicted octanol–water partition coefficient (Wildman–Crippen LogP) is 4.82. The highest BCUT2D eigenvalue weighted by Crippen LogP contribution is 2.51. The highest BCUT2D eigenvalue weighted by Gasteiger charge is 2.36. The van der Waals surface area contributed by atoms with E-state index in [-0.39, 0.29) is 17.7 Å². The number of rotatable bonds is 5. The zero-order chi connectivity index (χ0) is 24.6. The summed E-state index contributed by atoms with van der Waals surface area (Å²) < 4.78 is 11.2. The van der Waals surface area contributed by atoms with Crippen molar-refractivity contribution < 1.29 is 24.2 Å². The van der Waals surface area contributed by atoms with Gasteiger partial charge in [0.1, 0.15) is 23.1 Å². The molecule has 1 aliphatic rings. The van der Waals surface area contributed by atoms with Crippen LogP contribution >= 0.6 is 0 Å². The number of phenolic OH excluding ortho intramolecular Hbond substituents is 1. The summed E-state index contributed by atoms with van der Waals surface area (Å²) in [5.41, 5.74) is 4.20. The van der Waals surface area contributed by atoms with Crippen LogP contribution in [-0.4, -0.2) is 30.1 Å². The van der Waals surface area contributed by atoms with Gasteiger partial charge < -0.3 is 19.9 Å². The summed E-state index contributed by atoms with van der Waals surface area (Å²) >= 11 is 0. The van der Waals surface area contributed by atoms with Crippen molar-refractivity contribution in [3.05, 3.63) is 82.4 Å². The van der Waals surface area contributed by atoms with Crippen molar-refractivity contribution in [3.63, 3.8) is 0 Å². The Morgan fingerprint density at radius 3 is 2.47 bits per heavy atom. The minimum Gasteiger partial charge on any atom is -0.506 e. The topological polar surface area (TPSA) is 84.9 Å². The van der Waals surface area contributed by atoms with Gasteiger partial charge in [0.15, 0.2) is 0 Å². The third-order valence-electron chi connectivity index (χ3n) is 6.22. The van der Waals surface area contributed by atoms with Crippen molar-refractivity contribution in [2.75, 3.05) is 7.11 Å². The van der Waals surface area contributed by atoms with E-state index in [9.17, 15) is 14.7 Å². The second-order valence-electron chi connectivity index (χ2n) is 9.19. The fourth-order valence-electron chi connectivity index (χ4n) is 4.53.